The van der Waals surface area contributed by atoms with Gasteiger partial charge in [0.25, 0.3) is 6.47 Å². The van der Waals surface area contributed by atoms with Crippen molar-refractivity contribution in [2.24, 2.45) is 0 Å². The normalized spacial score (nSPS) is 7.64. The number of carbonyl (C=O) groups is 1. The highest BCUT2D eigenvalue weighted by atomic mass is 16.3. The van der Waals surface area contributed by atoms with Crippen molar-refractivity contribution in [1.29, 1.82) is 0 Å². The summed E-state index contributed by atoms with van der Waals surface area (Å²) in [5, 5.41) is 6.89. The zero-order chi connectivity index (χ0) is 8.69. The van der Waals surface area contributed by atoms with E-state index in [1.807, 2.05) is 0 Å². The van der Waals surface area contributed by atoms with Crippen LogP contribution < -0.4 is 0 Å². The van der Waals surface area contributed by atoms with E-state index < -0.39 is 0 Å². The SMILES string of the molecule is C=C.O=CO.c1cc2cc-2c1. The fourth-order valence-corrected chi connectivity index (χ4v) is 0.676. The number of hydrogen-bond donors (Lipinski definition) is 1. The van der Waals surface area contributed by atoms with Gasteiger partial charge in [-0.3, -0.25) is 4.79 Å². The van der Waals surface area contributed by atoms with Gasteiger partial charge in [0.2, 0.25) is 0 Å². The molecule has 2 nitrogen and oxygen atoms in total. The number of fused-ring (bicyclic) bond motifs is 1. The van der Waals surface area contributed by atoms with E-state index >= 15 is 0 Å². The molecule has 0 aromatic carbocycles. The van der Waals surface area contributed by atoms with E-state index in [2.05, 4.69) is 37.4 Å². The van der Waals surface area contributed by atoms with Crippen molar-refractivity contribution in [1.82, 2.24) is 0 Å². The van der Waals surface area contributed by atoms with Crippen LogP contribution in [0.15, 0.2) is 37.4 Å². The average Bonchev–Trinajstić information content (AvgIpc) is 2.65. The molecule has 0 amide bonds. The third kappa shape index (κ3) is 3.20. The molecule has 11 heavy (non-hydrogen) atoms. The standard InChI is InChI=1S/C6H4.C2H4.CH2O2/c1-2-5-4-6(5)3-1;1-2;2-1-3/h1-4H;1-2H2;1H,(H,2,3). The van der Waals surface area contributed by atoms with Crippen LogP contribution in [0.5, 0.6) is 0 Å². The summed E-state index contributed by atoms with van der Waals surface area (Å²) in [4.78, 5) is 8.36. The summed E-state index contributed by atoms with van der Waals surface area (Å²) in [7, 11) is 0. The lowest BCUT2D eigenvalue weighted by atomic mass is 10.6. The van der Waals surface area contributed by atoms with Crippen molar-refractivity contribution in [3.05, 3.63) is 37.4 Å². The molecule has 0 atom stereocenters. The molecule has 0 unspecified atom stereocenters. The molecule has 1 N–H and O–H groups in total. The summed E-state index contributed by atoms with van der Waals surface area (Å²) >= 11 is 0. The second-order valence-corrected chi connectivity index (χ2v) is 1.69. The molecule has 0 aromatic rings. The summed E-state index contributed by atoms with van der Waals surface area (Å²) in [6.07, 6.45) is 0. The molecule has 2 rings (SSSR count). The number of rotatable bonds is 0. The molecule has 0 aliphatic heterocycles. The maximum Gasteiger partial charge on any atom is 0.290 e. The Morgan fingerprint density at radius 2 is 1.64 bits per heavy atom. The first-order chi connectivity index (χ1) is 5.38. The van der Waals surface area contributed by atoms with Crippen molar-refractivity contribution in [2.75, 3.05) is 0 Å². The van der Waals surface area contributed by atoms with Gasteiger partial charge in [0.05, 0.1) is 0 Å². The smallest absolute Gasteiger partial charge is 0.290 e. The maximum atomic E-state index is 8.36. The second kappa shape index (κ2) is 5.23. The number of benzene rings is 1. The monoisotopic (exact) mass is 150 g/mol. The van der Waals surface area contributed by atoms with Crippen LogP contribution in [-0.4, -0.2) is 11.6 Å². The first-order valence-corrected chi connectivity index (χ1v) is 3.07. The van der Waals surface area contributed by atoms with Gasteiger partial charge in [-0.25, -0.2) is 0 Å². The zero-order valence-corrected chi connectivity index (χ0v) is 6.16. The van der Waals surface area contributed by atoms with Gasteiger partial charge in [0.15, 0.2) is 0 Å². The van der Waals surface area contributed by atoms with Crippen LogP contribution in [0.25, 0.3) is 11.1 Å². The Kier molecular flexibility index (Phi) is 4.49. The highest BCUT2D eigenvalue weighted by Crippen LogP contribution is 2.32. The number of hydrogen-bond acceptors (Lipinski definition) is 1. The molecule has 2 aliphatic rings. The minimum Gasteiger partial charge on any atom is -0.483 e. The van der Waals surface area contributed by atoms with Crippen LogP contribution in [0.2, 0.25) is 0 Å². The van der Waals surface area contributed by atoms with Gasteiger partial charge in [-0.15, -0.1) is 13.2 Å². The molecule has 0 saturated heterocycles. The molecule has 0 aromatic heterocycles. The van der Waals surface area contributed by atoms with Crippen LogP contribution >= 0.6 is 0 Å². The lowest BCUT2D eigenvalue weighted by Crippen LogP contribution is -1.49. The molecular formula is C9H10O2. The Labute approximate surface area is 65.8 Å². The fourth-order valence-electron chi connectivity index (χ4n) is 0.676. The Balaban J connectivity index is 0.000000176. The van der Waals surface area contributed by atoms with Gasteiger partial charge in [0.1, 0.15) is 0 Å². The van der Waals surface area contributed by atoms with Crippen molar-refractivity contribution < 1.29 is 9.90 Å². The van der Waals surface area contributed by atoms with E-state index in [-0.39, 0.29) is 6.47 Å². The molecule has 0 heterocycles. The van der Waals surface area contributed by atoms with Crippen molar-refractivity contribution in [3.63, 3.8) is 0 Å². The minimum absolute atomic E-state index is 0.250. The zero-order valence-electron chi connectivity index (χ0n) is 6.16. The molecule has 0 fully saturated rings. The van der Waals surface area contributed by atoms with Gasteiger partial charge in [-0.05, 0) is 17.2 Å². The second-order valence-electron chi connectivity index (χ2n) is 1.69. The molecule has 0 bridgehead atoms. The highest BCUT2D eigenvalue weighted by Gasteiger charge is 2.06. The molecular weight excluding hydrogens is 140 g/mol. The average molecular weight is 150 g/mol. The molecule has 0 saturated carbocycles. The van der Waals surface area contributed by atoms with Crippen molar-refractivity contribution >= 4 is 6.47 Å². The molecule has 58 valence electrons. The quantitative estimate of drug-likeness (QED) is 0.461. The summed E-state index contributed by atoms with van der Waals surface area (Å²) in [6.45, 7) is 5.75. The van der Waals surface area contributed by atoms with Crippen LogP contribution in [0, 0.1) is 0 Å². The van der Waals surface area contributed by atoms with Gasteiger partial charge < -0.3 is 5.11 Å². The van der Waals surface area contributed by atoms with Gasteiger partial charge in [-0.1, -0.05) is 18.2 Å². The first kappa shape index (κ1) is 9.43. The maximum absolute atomic E-state index is 8.36. The third-order valence-corrected chi connectivity index (χ3v) is 1.11. The predicted molar refractivity (Wildman–Crippen MR) is 45.4 cm³/mol. The van der Waals surface area contributed by atoms with Gasteiger partial charge in [-0.2, -0.15) is 0 Å². The molecule has 0 radical (unpaired) electrons. The van der Waals surface area contributed by atoms with Gasteiger partial charge in [0, 0.05) is 0 Å². The Hall–Kier alpha value is -1.57. The van der Waals surface area contributed by atoms with Crippen LogP contribution in [0.1, 0.15) is 0 Å². The number of carboxylic acid groups (broad SMARTS) is 1. The van der Waals surface area contributed by atoms with Crippen LogP contribution in [0.3, 0.4) is 0 Å². The van der Waals surface area contributed by atoms with E-state index in [1.165, 1.54) is 11.1 Å². The van der Waals surface area contributed by atoms with E-state index in [4.69, 9.17) is 9.90 Å². The topological polar surface area (TPSA) is 37.3 Å². The minimum atomic E-state index is -0.250. The third-order valence-electron chi connectivity index (χ3n) is 1.11. The fraction of sp³-hybridized carbons (Fsp3) is 0. The Morgan fingerprint density at radius 3 is 1.73 bits per heavy atom. The van der Waals surface area contributed by atoms with E-state index in [0.29, 0.717) is 0 Å². The molecule has 2 aliphatic carbocycles. The Bertz CT molecular complexity index is 214. The van der Waals surface area contributed by atoms with E-state index in [0.717, 1.165) is 0 Å². The first-order valence-electron chi connectivity index (χ1n) is 3.07. The lowest BCUT2D eigenvalue weighted by molar-refractivity contribution is -0.122. The van der Waals surface area contributed by atoms with Crippen molar-refractivity contribution in [2.45, 2.75) is 0 Å². The molecule has 0 spiro atoms. The lowest BCUT2D eigenvalue weighted by Gasteiger charge is -1.48. The van der Waals surface area contributed by atoms with E-state index in [9.17, 15) is 0 Å². The summed E-state index contributed by atoms with van der Waals surface area (Å²) in [6, 6.07) is 8.48. The Morgan fingerprint density at radius 1 is 1.27 bits per heavy atom. The van der Waals surface area contributed by atoms with E-state index in [1.54, 1.807) is 0 Å². The summed E-state index contributed by atoms with van der Waals surface area (Å²) in [5.41, 5.74) is 2.85. The molecule has 2 heteroatoms. The van der Waals surface area contributed by atoms with Gasteiger partial charge >= 0.3 is 0 Å². The highest BCUT2D eigenvalue weighted by molar-refractivity contribution is 5.80. The summed E-state index contributed by atoms with van der Waals surface area (Å²) < 4.78 is 0. The summed E-state index contributed by atoms with van der Waals surface area (Å²) in [5.74, 6) is 0. The predicted octanol–water partition coefficient (Wildman–Crippen LogP) is 2.17. The largest absolute Gasteiger partial charge is 0.483 e. The van der Waals surface area contributed by atoms with Crippen LogP contribution in [0.4, 0.5) is 0 Å². The van der Waals surface area contributed by atoms with Crippen molar-refractivity contribution in [3.8, 4) is 11.1 Å². The van der Waals surface area contributed by atoms with Crippen LogP contribution in [-0.2, 0) is 4.79 Å².